The quantitative estimate of drug-likeness (QED) is 0.865. The normalized spacial score (nSPS) is 10.2. The molecule has 20 heavy (non-hydrogen) atoms. The van der Waals surface area contributed by atoms with Crippen molar-refractivity contribution < 1.29 is 14.6 Å². The first-order valence-corrected chi connectivity index (χ1v) is 6.73. The Labute approximate surface area is 118 Å². The molecule has 2 aromatic rings. The average molecular weight is 270 g/mol. The third kappa shape index (κ3) is 3.60. The summed E-state index contributed by atoms with van der Waals surface area (Å²) in [5, 5.41) is 9.10. The predicted octanol–water partition coefficient (Wildman–Crippen LogP) is 3.92. The van der Waals surface area contributed by atoms with Crippen molar-refractivity contribution in [2.24, 2.45) is 0 Å². The van der Waals surface area contributed by atoms with Gasteiger partial charge in [0.05, 0.1) is 5.56 Å². The molecule has 0 amide bonds. The lowest BCUT2D eigenvalue weighted by molar-refractivity contribution is 0.0694. The minimum absolute atomic E-state index is 0.260. The zero-order valence-corrected chi connectivity index (χ0v) is 11.5. The molecule has 3 heteroatoms. The van der Waals surface area contributed by atoms with Crippen LogP contribution in [-0.2, 0) is 13.0 Å². The fourth-order valence-corrected chi connectivity index (χ4v) is 2.06. The van der Waals surface area contributed by atoms with E-state index in [1.54, 1.807) is 18.2 Å². The lowest BCUT2D eigenvalue weighted by Gasteiger charge is -2.09. The van der Waals surface area contributed by atoms with E-state index in [1.165, 1.54) is 5.56 Å². The Morgan fingerprint density at radius 2 is 1.80 bits per heavy atom. The summed E-state index contributed by atoms with van der Waals surface area (Å²) in [5.74, 6) is -0.174. The van der Waals surface area contributed by atoms with Gasteiger partial charge in [0.25, 0.3) is 0 Å². The van der Waals surface area contributed by atoms with Crippen molar-refractivity contribution >= 4 is 5.97 Å². The number of carboxylic acid groups (broad SMARTS) is 1. The number of aromatic carboxylic acids is 1. The molecule has 0 aromatic heterocycles. The molecule has 0 aliphatic heterocycles. The molecule has 0 bridgehead atoms. The van der Waals surface area contributed by atoms with Gasteiger partial charge in [0.2, 0.25) is 0 Å². The molecule has 0 radical (unpaired) electrons. The Bertz CT molecular complexity index is 573. The minimum atomic E-state index is -0.928. The highest BCUT2D eigenvalue weighted by Crippen LogP contribution is 2.17. The highest BCUT2D eigenvalue weighted by Gasteiger charge is 2.09. The first-order valence-electron chi connectivity index (χ1n) is 6.73. The summed E-state index contributed by atoms with van der Waals surface area (Å²) >= 11 is 0. The lowest BCUT2D eigenvalue weighted by Crippen LogP contribution is -2.05. The van der Waals surface area contributed by atoms with Crippen LogP contribution in [0.1, 0.15) is 34.8 Å². The van der Waals surface area contributed by atoms with E-state index in [4.69, 9.17) is 9.84 Å². The monoisotopic (exact) mass is 270 g/mol. The van der Waals surface area contributed by atoms with Crippen LogP contribution in [0, 0.1) is 0 Å². The SMILES string of the molecule is CCCc1ccc(OCc2ccccc2C(=O)O)cc1. The maximum Gasteiger partial charge on any atom is 0.336 e. The zero-order valence-electron chi connectivity index (χ0n) is 11.5. The van der Waals surface area contributed by atoms with Crippen LogP contribution in [0.15, 0.2) is 48.5 Å². The third-order valence-corrected chi connectivity index (χ3v) is 3.10. The second kappa shape index (κ2) is 6.75. The molecule has 0 unspecified atom stereocenters. The summed E-state index contributed by atoms with van der Waals surface area (Å²) in [6, 6.07) is 14.8. The number of benzene rings is 2. The van der Waals surface area contributed by atoms with E-state index in [0.717, 1.165) is 18.6 Å². The number of hydrogen-bond donors (Lipinski definition) is 1. The van der Waals surface area contributed by atoms with Gasteiger partial charge in [-0.1, -0.05) is 43.7 Å². The Kier molecular flexibility index (Phi) is 4.77. The van der Waals surface area contributed by atoms with E-state index in [0.29, 0.717) is 5.56 Å². The molecule has 0 atom stereocenters. The fourth-order valence-electron chi connectivity index (χ4n) is 2.06. The number of aryl methyl sites for hydroxylation is 1. The van der Waals surface area contributed by atoms with Gasteiger partial charge in [-0.3, -0.25) is 0 Å². The molecule has 104 valence electrons. The Balaban J connectivity index is 2.03. The molecule has 0 aliphatic rings. The number of ether oxygens (including phenoxy) is 1. The standard InChI is InChI=1S/C17H18O3/c1-2-5-13-8-10-15(11-9-13)20-12-14-6-3-4-7-16(14)17(18)19/h3-4,6-11H,2,5,12H2,1H3,(H,18,19). The van der Waals surface area contributed by atoms with Gasteiger partial charge in [-0.2, -0.15) is 0 Å². The van der Waals surface area contributed by atoms with Gasteiger partial charge in [0.15, 0.2) is 0 Å². The number of rotatable bonds is 6. The molecule has 2 aromatic carbocycles. The lowest BCUT2D eigenvalue weighted by atomic mass is 10.1. The minimum Gasteiger partial charge on any atom is -0.489 e. The third-order valence-electron chi connectivity index (χ3n) is 3.10. The van der Waals surface area contributed by atoms with Gasteiger partial charge in [-0.25, -0.2) is 4.79 Å². The summed E-state index contributed by atoms with van der Waals surface area (Å²) in [5.41, 5.74) is 2.25. The van der Waals surface area contributed by atoms with Crippen molar-refractivity contribution in [2.45, 2.75) is 26.4 Å². The van der Waals surface area contributed by atoms with Gasteiger partial charge in [0, 0.05) is 5.56 Å². The van der Waals surface area contributed by atoms with Crippen molar-refractivity contribution in [3.8, 4) is 5.75 Å². The van der Waals surface area contributed by atoms with E-state index in [2.05, 4.69) is 6.92 Å². The van der Waals surface area contributed by atoms with Crippen molar-refractivity contribution in [1.29, 1.82) is 0 Å². The second-order valence-electron chi connectivity index (χ2n) is 4.64. The van der Waals surface area contributed by atoms with Crippen molar-refractivity contribution in [3.63, 3.8) is 0 Å². The van der Waals surface area contributed by atoms with Crippen LogP contribution in [-0.4, -0.2) is 11.1 Å². The second-order valence-corrected chi connectivity index (χ2v) is 4.64. The molecule has 1 N–H and O–H groups in total. The predicted molar refractivity (Wildman–Crippen MR) is 78.2 cm³/mol. The number of carbonyl (C=O) groups is 1. The van der Waals surface area contributed by atoms with Crippen molar-refractivity contribution in [2.75, 3.05) is 0 Å². The van der Waals surface area contributed by atoms with Gasteiger partial charge < -0.3 is 9.84 Å². The van der Waals surface area contributed by atoms with E-state index < -0.39 is 5.97 Å². The van der Waals surface area contributed by atoms with Crippen LogP contribution in [0.2, 0.25) is 0 Å². The van der Waals surface area contributed by atoms with Crippen LogP contribution < -0.4 is 4.74 Å². The van der Waals surface area contributed by atoms with Crippen LogP contribution in [0.25, 0.3) is 0 Å². The van der Waals surface area contributed by atoms with E-state index in [-0.39, 0.29) is 12.2 Å². The van der Waals surface area contributed by atoms with E-state index >= 15 is 0 Å². The van der Waals surface area contributed by atoms with Crippen molar-refractivity contribution in [3.05, 3.63) is 65.2 Å². The van der Waals surface area contributed by atoms with Crippen LogP contribution >= 0.6 is 0 Å². The van der Waals surface area contributed by atoms with E-state index in [9.17, 15) is 4.79 Å². The van der Waals surface area contributed by atoms with Crippen LogP contribution in [0.3, 0.4) is 0 Å². The molecule has 0 aliphatic carbocycles. The molecule has 3 nitrogen and oxygen atoms in total. The topological polar surface area (TPSA) is 46.5 Å². The summed E-state index contributed by atoms with van der Waals surface area (Å²) < 4.78 is 5.65. The first kappa shape index (κ1) is 14.1. The molecular weight excluding hydrogens is 252 g/mol. The summed E-state index contributed by atoms with van der Waals surface area (Å²) in [6.45, 7) is 2.41. The highest BCUT2D eigenvalue weighted by molar-refractivity contribution is 5.89. The summed E-state index contributed by atoms with van der Waals surface area (Å²) in [7, 11) is 0. The van der Waals surface area contributed by atoms with Gasteiger partial charge in [-0.15, -0.1) is 0 Å². The van der Waals surface area contributed by atoms with Gasteiger partial charge in [0.1, 0.15) is 12.4 Å². The summed E-state index contributed by atoms with van der Waals surface area (Å²) in [6.07, 6.45) is 2.17. The van der Waals surface area contributed by atoms with Gasteiger partial charge in [-0.05, 0) is 30.2 Å². The fraction of sp³-hybridized carbons (Fsp3) is 0.235. The molecule has 0 heterocycles. The first-order chi connectivity index (χ1) is 9.70. The van der Waals surface area contributed by atoms with Crippen LogP contribution in [0.4, 0.5) is 0 Å². The Morgan fingerprint density at radius 3 is 2.45 bits per heavy atom. The molecule has 0 saturated carbocycles. The maximum absolute atomic E-state index is 11.1. The molecular formula is C17H18O3. The largest absolute Gasteiger partial charge is 0.489 e. The molecule has 0 spiro atoms. The number of hydrogen-bond acceptors (Lipinski definition) is 2. The maximum atomic E-state index is 11.1. The average Bonchev–Trinajstić information content (AvgIpc) is 2.47. The molecule has 0 saturated heterocycles. The smallest absolute Gasteiger partial charge is 0.336 e. The number of carboxylic acids is 1. The van der Waals surface area contributed by atoms with E-state index in [1.807, 2.05) is 30.3 Å². The highest BCUT2D eigenvalue weighted by atomic mass is 16.5. The Morgan fingerprint density at radius 1 is 1.10 bits per heavy atom. The van der Waals surface area contributed by atoms with Crippen LogP contribution in [0.5, 0.6) is 5.75 Å². The molecule has 0 fully saturated rings. The molecule has 2 rings (SSSR count). The Hall–Kier alpha value is -2.29. The zero-order chi connectivity index (χ0) is 14.4. The van der Waals surface area contributed by atoms with Crippen molar-refractivity contribution in [1.82, 2.24) is 0 Å². The van der Waals surface area contributed by atoms with Gasteiger partial charge >= 0.3 is 5.97 Å². The summed E-state index contributed by atoms with van der Waals surface area (Å²) in [4.78, 5) is 11.1.